The SMILES string of the molecule is NC(=O)C1CCN(C(=O)C2CCN(c3nc(Cc4ccc(Cl)cc4)ns3)CC2)CC1. The number of carbonyl (C=O) groups is 2. The maximum atomic E-state index is 12.9. The highest BCUT2D eigenvalue weighted by Crippen LogP contribution is 2.28. The second kappa shape index (κ2) is 9.31. The third-order valence-electron chi connectivity index (χ3n) is 6.06. The van der Waals surface area contributed by atoms with Crippen LogP contribution in [0, 0.1) is 11.8 Å². The average Bonchev–Trinajstić information content (AvgIpc) is 3.23. The van der Waals surface area contributed by atoms with E-state index in [4.69, 9.17) is 22.3 Å². The molecule has 9 heteroatoms. The van der Waals surface area contributed by atoms with Gasteiger partial charge in [-0.3, -0.25) is 9.59 Å². The minimum Gasteiger partial charge on any atom is -0.369 e. The highest BCUT2D eigenvalue weighted by atomic mass is 35.5. The Morgan fingerprint density at radius 3 is 2.30 bits per heavy atom. The van der Waals surface area contributed by atoms with Crippen molar-refractivity contribution < 1.29 is 9.59 Å². The number of benzene rings is 1. The Labute approximate surface area is 185 Å². The quantitative estimate of drug-likeness (QED) is 0.760. The Kier molecular flexibility index (Phi) is 6.53. The summed E-state index contributed by atoms with van der Waals surface area (Å²) in [6, 6.07) is 7.74. The fraction of sp³-hybridized carbons (Fsp3) is 0.524. The number of halogens is 1. The van der Waals surface area contributed by atoms with Crippen LogP contribution in [0.15, 0.2) is 24.3 Å². The van der Waals surface area contributed by atoms with Gasteiger partial charge in [0.15, 0.2) is 0 Å². The van der Waals surface area contributed by atoms with Crippen molar-refractivity contribution >= 4 is 40.1 Å². The van der Waals surface area contributed by atoms with Crippen molar-refractivity contribution in [3.63, 3.8) is 0 Å². The zero-order valence-electron chi connectivity index (χ0n) is 16.8. The van der Waals surface area contributed by atoms with Crippen molar-refractivity contribution in [2.45, 2.75) is 32.1 Å². The van der Waals surface area contributed by atoms with E-state index in [1.807, 2.05) is 29.2 Å². The molecule has 0 radical (unpaired) electrons. The smallest absolute Gasteiger partial charge is 0.225 e. The number of likely N-dealkylation sites (tertiary alicyclic amines) is 1. The van der Waals surface area contributed by atoms with E-state index in [0.717, 1.165) is 47.5 Å². The molecule has 0 bridgehead atoms. The van der Waals surface area contributed by atoms with Crippen LogP contribution in [0.4, 0.5) is 5.13 Å². The van der Waals surface area contributed by atoms with E-state index in [-0.39, 0.29) is 23.7 Å². The Morgan fingerprint density at radius 1 is 1.03 bits per heavy atom. The van der Waals surface area contributed by atoms with Gasteiger partial charge in [0.05, 0.1) is 0 Å². The number of hydrogen-bond acceptors (Lipinski definition) is 6. The first-order chi connectivity index (χ1) is 14.5. The molecule has 30 heavy (non-hydrogen) atoms. The van der Waals surface area contributed by atoms with E-state index in [2.05, 4.69) is 9.27 Å². The molecule has 0 atom stereocenters. The molecule has 2 N–H and O–H groups in total. The average molecular weight is 448 g/mol. The summed E-state index contributed by atoms with van der Waals surface area (Å²) in [6.45, 7) is 2.89. The molecule has 2 aromatic rings. The lowest BCUT2D eigenvalue weighted by atomic mass is 9.92. The van der Waals surface area contributed by atoms with Crippen molar-refractivity contribution in [3.8, 4) is 0 Å². The van der Waals surface area contributed by atoms with Gasteiger partial charge in [-0.25, -0.2) is 4.98 Å². The standard InChI is InChI=1S/C21H26ClN5O2S/c22-17-3-1-14(2-4-17)13-18-24-21(30-25-18)27-11-7-16(8-12-27)20(29)26-9-5-15(6-10-26)19(23)28/h1-4,15-16H,5-13H2,(H2,23,28). The number of piperidine rings is 2. The van der Waals surface area contributed by atoms with Gasteiger partial charge >= 0.3 is 0 Å². The van der Waals surface area contributed by atoms with Crippen LogP contribution in [0.3, 0.4) is 0 Å². The first kappa shape index (κ1) is 21.1. The molecule has 2 amide bonds. The monoisotopic (exact) mass is 447 g/mol. The van der Waals surface area contributed by atoms with Crippen LogP contribution in [-0.2, 0) is 16.0 Å². The fourth-order valence-corrected chi connectivity index (χ4v) is 5.05. The Morgan fingerprint density at radius 2 is 1.67 bits per heavy atom. The summed E-state index contributed by atoms with van der Waals surface area (Å²) in [5.41, 5.74) is 6.52. The Bertz CT molecular complexity index is 887. The highest BCUT2D eigenvalue weighted by molar-refractivity contribution is 7.09. The normalized spacial score (nSPS) is 18.6. The third kappa shape index (κ3) is 4.92. The number of amides is 2. The predicted molar refractivity (Wildman–Crippen MR) is 118 cm³/mol. The van der Waals surface area contributed by atoms with Crippen LogP contribution >= 0.6 is 23.1 Å². The van der Waals surface area contributed by atoms with Crippen LogP contribution < -0.4 is 10.6 Å². The summed E-state index contributed by atoms with van der Waals surface area (Å²) in [5.74, 6) is 0.747. The third-order valence-corrected chi connectivity index (χ3v) is 7.12. The van der Waals surface area contributed by atoms with Gasteiger partial charge in [-0.2, -0.15) is 4.37 Å². The van der Waals surface area contributed by atoms with Gasteiger partial charge in [-0.05, 0) is 43.4 Å². The molecule has 160 valence electrons. The van der Waals surface area contributed by atoms with Crippen molar-refractivity contribution in [3.05, 3.63) is 40.7 Å². The van der Waals surface area contributed by atoms with E-state index in [1.165, 1.54) is 11.5 Å². The van der Waals surface area contributed by atoms with Gasteiger partial charge in [-0.15, -0.1) is 0 Å². The molecule has 0 spiro atoms. The molecule has 0 saturated carbocycles. The highest BCUT2D eigenvalue weighted by Gasteiger charge is 2.32. The van der Waals surface area contributed by atoms with Crippen LogP contribution in [0.2, 0.25) is 5.02 Å². The van der Waals surface area contributed by atoms with Crippen molar-refractivity contribution in [2.75, 3.05) is 31.1 Å². The molecule has 2 fully saturated rings. The van der Waals surface area contributed by atoms with E-state index < -0.39 is 0 Å². The summed E-state index contributed by atoms with van der Waals surface area (Å²) in [6.07, 6.45) is 3.69. The van der Waals surface area contributed by atoms with Gasteiger partial charge in [-0.1, -0.05) is 23.7 Å². The van der Waals surface area contributed by atoms with Crippen molar-refractivity contribution in [2.24, 2.45) is 17.6 Å². The molecule has 1 aromatic heterocycles. The van der Waals surface area contributed by atoms with E-state index >= 15 is 0 Å². The van der Waals surface area contributed by atoms with Gasteiger partial charge in [0, 0.05) is 61.0 Å². The number of primary amides is 1. The second-order valence-corrected chi connectivity index (χ2v) is 9.23. The number of aromatic nitrogens is 2. The number of nitrogens with two attached hydrogens (primary N) is 1. The van der Waals surface area contributed by atoms with Gasteiger partial charge in [0.1, 0.15) is 5.82 Å². The van der Waals surface area contributed by atoms with Gasteiger partial charge in [0.2, 0.25) is 16.9 Å². The van der Waals surface area contributed by atoms with Crippen molar-refractivity contribution in [1.29, 1.82) is 0 Å². The molecule has 3 heterocycles. The largest absolute Gasteiger partial charge is 0.369 e. The maximum Gasteiger partial charge on any atom is 0.225 e. The molecular weight excluding hydrogens is 422 g/mol. The van der Waals surface area contributed by atoms with Crippen LogP contribution in [0.25, 0.3) is 0 Å². The summed E-state index contributed by atoms with van der Waals surface area (Å²) >= 11 is 7.36. The number of nitrogens with zero attached hydrogens (tertiary/aromatic N) is 4. The zero-order valence-corrected chi connectivity index (χ0v) is 18.4. The maximum absolute atomic E-state index is 12.9. The lowest BCUT2D eigenvalue weighted by Gasteiger charge is -2.36. The lowest BCUT2D eigenvalue weighted by Crippen LogP contribution is -2.46. The molecule has 4 rings (SSSR count). The summed E-state index contributed by atoms with van der Waals surface area (Å²) in [7, 11) is 0. The molecule has 2 aliphatic rings. The molecule has 2 saturated heterocycles. The minimum absolute atomic E-state index is 0.0489. The molecule has 0 aliphatic carbocycles. The molecular formula is C21H26ClN5O2S. The Hall–Kier alpha value is -2.19. The number of carbonyl (C=O) groups excluding carboxylic acids is 2. The zero-order chi connectivity index (χ0) is 21.1. The number of hydrogen-bond donors (Lipinski definition) is 1. The van der Waals surface area contributed by atoms with Crippen molar-refractivity contribution in [1.82, 2.24) is 14.3 Å². The van der Waals surface area contributed by atoms with E-state index in [9.17, 15) is 9.59 Å². The van der Waals surface area contributed by atoms with Crippen LogP contribution in [-0.4, -0.2) is 52.3 Å². The van der Waals surface area contributed by atoms with E-state index in [0.29, 0.717) is 32.4 Å². The van der Waals surface area contributed by atoms with Gasteiger partial charge < -0.3 is 15.5 Å². The molecule has 7 nitrogen and oxygen atoms in total. The first-order valence-corrected chi connectivity index (χ1v) is 11.5. The number of anilines is 1. The number of rotatable bonds is 5. The fourth-order valence-electron chi connectivity index (χ4n) is 4.19. The first-order valence-electron chi connectivity index (χ1n) is 10.4. The summed E-state index contributed by atoms with van der Waals surface area (Å²) < 4.78 is 4.50. The Balaban J connectivity index is 1.27. The molecule has 2 aliphatic heterocycles. The molecule has 0 unspecified atom stereocenters. The summed E-state index contributed by atoms with van der Waals surface area (Å²) in [4.78, 5) is 33.0. The van der Waals surface area contributed by atoms with Crippen LogP contribution in [0.5, 0.6) is 0 Å². The topological polar surface area (TPSA) is 92.4 Å². The van der Waals surface area contributed by atoms with Gasteiger partial charge in [0.25, 0.3) is 0 Å². The molecule has 1 aromatic carbocycles. The minimum atomic E-state index is -0.247. The second-order valence-electron chi connectivity index (χ2n) is 8.06. The van der Waals surface area contributed by atoms with Crippen LogP contribution in [0.1, 0.15) is 37.1 Å². The predicted octanol–water partition coefficient (Wildman–Crippen LogP) is 2.72. The lowest BCUT2D eigenvalue weighted by molar-refractivity contribution is -0.139. The van der Waals surface area contributed by atoms with E-state index in [1.54, 1.807) is 0 Å². The summed E-state index contributed by atoms with van der Waals surface area (Å²) in [5, 5.41) is 1.65.